The topological polar surface area (TPSA) is 57.6 Å². The zero-order chi connectivity index (χ0) is 8.43. The van der Waals surface area contributed by atoms with Crippen LogP contribution < -0.4 is 0 Å². The van der Waals surface area contributed by atoms with Gasteiger partial charge in [-0.2, -0.15) is 0 Å². The number of carboxylic acid groups (broad SMARTS) is 1. The van der Waals surface area contributed by atoms with E-state index in [1.807, 2.05) is 0 Å². The molecule has 1 aliphatic heterocycles. The van der Waals surface area contributed by atoms with Crippen LogP contribution in [0.2, 0.25) is 0 Å². The van der Waals surface area contributed by atoms with Crippen LogP contribution in [-0.4, -0.2) is 42.2 Å². The van der Waals surface area contributed by atoms with Gasteiger partial charge in [-0.25, -0.2) is 4.79 Å². The molecule has 1 N–H and O–H groups in total. The Morgan fingerprint density at radius 1 is 1.55 bits per heavy atom. The van der Waals surface area contributed by atoms with Crippen LogP contribution >= 0.6 is 0 Å². The highest BCUT2D eigenvalue weighted by molar-refractivity contribution is 6.59. The first-order valence-corrected chi connectivity index (χ1v) is 3.63. The van der Waals surface area contributed by atoms with E-state index in [0.29, 0.717) is 13.0 Å². The fraction of sp³-hybridized carbons (Fsp3) is 0.667. The van der Waals surface area contributed by atoms with Crippen LogP contribution in [0.1, 0.15) is 12.8 Å². The van der Waals surface area contributed by atoms with Gasteiger partial charge in [0.15, 0.2) is 7.85 Å². The second-order valence-corrected chi connectivity index (χ2v) is 2.74. The summed E-state index contributed by atoms with van der Waals surface area (Å²) in [5.74, 6) is 0. The van der Waals surface area contributed by atoms with Gasteiger partial charge in [-0.1, -0.05) is 0 Å². The van der Waals surface area contributed by atoms with E-state index >= 15 is 0 Å². The van der Waals surface area contributed by atoms with E-state index in [1.165, 1.54) is 12.7 Å². The molecule has 4 nitrogen and oxygen atoms in total. The molecule has 0 aromatic rings. The van der Waals surface area contributed by atoms with Crippen molar-refractivity contribution in [1.29, 1.82) is 0 Å². The Morgan fingerprint density at radius 3 is 2.55 bits per heavy atom. The maximum atomic E-state index is 10.9. The van der Waals surface area contributed by atoms with Crippen molar-refractivity contribution in [3.8, 4) is 0 Å². The number of hydrogen-bond acceptors (Lipinski definition) is 2. The average molecular weight is 155 g/mol. The molecule has 0 bridgehead atoms. The normalized spacial score (nSPS) is 23.6. The summed E-state index contributed by atoms with van der Waals surface area (Å²) in [4.78, 5) is 22.6. The molecule has 0 saturated carbocycles. The van der Waals surface area contributed by atoms with Crippen molar-refractivity contribution in [2.45, 2.75) is 18.9 Å². The molecule has 0 aromatic carbocycles. The van der Waals surface area contributed by atoms with Gasteiger partial charge >= 0.3 is 6.09 Å². The lowest BCUT2D eigenvalue weighted by Crippen LogP contribution is -2.39. The standard InChI is InChI=1S/C6H10BNO3/c7-5(9)4-2-1-3-8(4)6(10)11/h4H,1-3,7H2,(H,10,11)/t4-/m0/s1. The van der Waals surface area contributed by atoms with Crippen LogP contribution in [-0.2, 0) is 4.79 Å². The molecular weight excluding hydrogens is 145 g/mol. The quantitative estimate of drug-likeness (QED) is 0.508. The Balaban J connectivity index is 2.65. The van der Waals surface area contributed by atoms with E-state index in [4.69, 9.17) is 5.11 Å². The molecule has 60 valence electrons. The van der Waals surface area contributed by atoms with Crippen LogP contribution in [0.15, 0.2) is 0 Å². The fourth-order valence-electron chi connectivity index (χ4n) is 1.42. The molecule has 0 radical (unpaired) electrons. The molecule has 1 heterocycles. The van der Waals surface area contributed by atoms with Crippen molar-refractivity contribution in [2.24, 2.45) is 0 Å². The Bertz CT molecular complexity index is 174. The van der Waals surface area contributed by atoms with Crippen LogP contribution in [0.25, 0.3) is 0 Å². The molecule has 0 spiro atoms. The Morgan fingerprint density at radius 2 is 2.18 bits per heavy atom. The van der Waals surface area contributed by atoms with Gasteiger partial charge < -0.3 is 9.90 Å². The minimum Gasteiger partial charge on any atom is -0.465 e. The molecule has 5 heteroatoms. The van der Waals surface area contributed by atoms with Crippen LogP contribution in [0, 0.1) is 0 Å². The lowest BCUT2D eigenvalue weighted by Gasteiger charge is -2.18. The number of amides is 1. The summed E-state index contributed by atoms with van der Waals surface area (Å²) >= 11 is 0. The van der Waals surface area contributed by atoms with Crippen LogP contribution in [0.4, 0.5) is 4.79 Å². The third kappa shape index (κ3) is 1.53. The van der Waals surface area contributed by atoms with Crippen molar-refractivity contribution >= 4 is 19.6 Å². The summed E-state index contributed by atoms with van der Waals surface area (Å²) in [5.41, 5.74) is -0.0510. The minimum absolute atomic E-state index is 0.0510. The van der Waals surface area contributed by atoms with E-state index in [-0.39, 0.29) is 11.7 Å². The molecule has 1 rings (SSSR count). The largest absolute Gasteiger partial charge is 0.465 e. The molecule has 0 aliphatic carbocycles. The molecule has 1 atom stereocenters. The highest BCUT2D eigenvalue weighted by Crippen LogP contribution is 2.16. The monoisotopic (exact) mass is 155 g/mol. The van der Waals surface area contributed by atoms with Gasteiger partial charge in [-0.3, -0.25) is 4.90 Å². The van der Waals surface area contributed by atoms with Crippen molar-refractivity contribution in [3.63, 3.8) is 0 Å². The molecule has 1 fully saturated rings. The van der Waals surface area contributed by atoms with E-state index in [1.54, 1.807) is 0 Å². The number of likely N-dealkylation sites (tertiary alicyclic amines) is 1. The summed E-state index contributed by atoms with van der Waals surface area (Å²) in [6.07, 6.45) is 0.501. The molecular formula is C6H10BNO3. The lowest BCUT2D eigenvalue weighted by molar-refractivity contribution is -0.115. The van der Waals surface area contributed by atoms with Crippen molar-refractivity contribution < 1.29 is 14.7 Å². The lowest BCUT2D eigenvalue weighted by atomic mass is 9.93. The Labute approximate surface area is 65.6 Å². The predicted molar refractivity (Wildman–Crippen MR) is 41.3 cm³/mol. The Kier molecular flexibility index (Phi) is 2.17. The van der Waals surface area contributed by atoms with Gasteiger partial charge in [0.05, 0.1) is 6.04 Å². The summed E-state index contributed by atoms with van der Waals surface area (Å²) in [7, 11) is 1.44. The zero-order valence-corrected chi connectivity index (χ0v) is 6.41. The van der Waals surface area contributed by atoms with Gasteiger partial charge in [0.1, 0.15) is 5.68 Å². The van der Waals surface area contributed by atoms with Gasteiger partial charge in [-0.15, -0.1) is 0 Å². The van der Waals surface area contributed by atoms with E-state index in [0.717, 1.165) is 6.42 Å². The number of carbonyl (C=O) groups excluding carboxylic acids is 1. The van der Waals surface area contributed by atoms with E-state index < -0.39 is 6.09 Å². The molecule has 11 heavy (non-hydrogen) atoms. The molecule has 1 saturated heterocycles. The summed E-state index contributed by atoms with van der Waals surface area (Å²) in [6, 6.07) is -0.382. The summed E-state index contributed by atoms with van der Waals surface area (Å²) in [6.45, 7) is 0.500. The maximum absolute atomic E-state index is 10.9. The van der Waals surface area contributed by atoms with Gasteiger partial charge in [0.25, 0.3) is 0 Å². The van der Waals surface area contributed by atoms with Crippen molar-refractivity contribution in [1.82, 2.24) is 4.90 Å². The highest BCUT2D eigenvalue weighted by Gasteiger charge is 2.30. The molecule has 0 unspecified atom stereocenters. The number of carbonyl (C=O) groups is 2. The second-order valence-electron chi connectivity index (χ2n) is 2.74. The van der Waals surface area contributed by atoms with Gasteiger partial charge in [0, 0.05) is 6.54 Å². The number of nitrogens with zero attached hydrogens (tertiary/aromatic N) is 1. The average Bonchev–Trinajstić information content (AvgIpc) is 2.32. The maximum Gasteiger partial charge on any atom is 0.407 e. The SMILES string of the molecule is BC(=O)[C@@H]1CCCN1C(=O)O. The fourth-order valence-corrected chi connectivity index (χ4v) is 1.42. The molecule has 1 aliphatic rings. The summed E-state index contributed by atoms with van der Waals surface area (Å²) in [5, 5.41) is 8.61. The van der Waals surface area contributed by atoms with Crippen molar-refractivity contribution in [2.75, 3.05) is 6.54 Å². The van der Waals surface area contributed by atoms with Crippen molar-refractivity contribution in [3.05, 3.63) is 0 Å². The van der Waals surface area contributed by atoms with Gasteiger partial charge in [-0.05, 0) is 12.8 Å². The predicted octanol–water partition coefficient (Wildman–Crippen LogP) is -0.712. The molecule has 1 amide bonds. The van der Waals surface area contributed by atoms with Gasteiger partial charge in [0.2, 0.25) is 0 Å². The first-order valence-electron chi connectivity index (χ1n) is 3.63. The first kappa shape index (κ1) is 8.10. The zero-order valence-electron chi connectivity index (χ0n) is 6.41. The minimum atomic E-state index is -0.984. The Hall–Kier alpha value is -0.995. The third-order valence-electron chi connectivity index (χ3n) is 1.97. The summed E-state index contributed by atoms with van der Waals surface area (Å²) < 4.78 is 0. The number of rotatable bonds is 1. The van der Waals surface area contributed by atoms with E-state index in [2.05, 4.69) is 0 Å². The smallest absolute Gasteiger partial charge is 0.407 e. The van der Waals surface area contributed by atoms with Crippen LogP contribution in [0.3, 0.4) is 0 Å². The number of hydrogen-bond donors (Lipinski definition) is 1. The van der Waals surface area contributed by atoms with E-state index in [9.17, 15) is 9.59 Å². The third-order valence-corrected chi connectivity index (χ3v) is 1.97. The van der Waals surface area contributed by atoms with Crippen LogP contribution in [0.5, 0.6) is 0 Å². The highest BCUT2D eigenvalue weighted by atomic mass is 16.4. The molecule has 0 aromatic heterocycles. The first-order chi connectivity index (χ1) is 5.13. The second kappa shape index (κ2) is 2.94.